The fourth-order valence-corrected chi connectivity index (χ4v) is 2.20. The van der Waals surface area contributed by atoms with Crippen molar-refractivity contribution in [3.63, 3.8) is 0 Å². The third-order valence-corrected chi connectivity index (χ3v) is 3.48. The van der Waals surface area contributed by atoms with Crippen molar-refractivity contribution in [1.82, 2.24) is 5.32 Å². The number of alkyl carbamates (subject to hydrolysis) is 1. The van der Waals surface area contributed by atoms with Gasteiger partial charge in [0.25, 0.3) is 0 Å². The van der Waals surface area contributed by atoms with E-state index in [1.54, 1.807) is 20.8 Å². The number of nitrogens with one attached hydrogen (secondary N) is 1. The number of carboxylic acid groups (broad SMARTS) is 1. The Morgan fingerprint density at radius 1 is 1.19 bits per heavy atom. The molecule has 1 aromatic rings. The highest BCUT2D eigenvalue weighted by atomic mass is 19.4. The number of nitrogens with zero attached hydrogens (tertiary/aromatic N) is 2. The summed E-state index contributed by atoms with van der Waals surface area (Å²) in [6.45, 7) is 4.89. The molecule has 0 aliphatic carbocycles. The van der Waals surface area contributed by atoms with Gasteiger partial charge in [0.15, 0.2) is 0 Å². The number of halogens is 3. The molecule has 0 saturated heterocycles. The van der Waals surface area contributed by atoms with Gasteiger partial charge in [0.1, 0.15) is 11.6 Å². The second-order valence-corrected chi connectivity index (χ2v) is 6.81. The lowest BCUT2D eigenvalue weighted by Gasteiger charge is -2.22. The van der Waals surface area contributed by atoms with Crippen molar-refractivity contribution < 1.29 is 32.6 Å². The molecule has 0 spiro atoms. The molecule has 0 bridgehead atoms. The number of alkyl halides is 3. The topological polar surface area (TPSA) is 100 Å². The molecule has 0 saturated carbocycles. The number of ether oxygens (including phenoxy) is 1. The first-order valence-corrected chi connectivity index (χ1v) is 7.66. The molecule has 1 aromatic carbocycles. The number of hydrogen-bond acceptors (Lipinski definition) is 5. The number of benzene rings is 1. The molecule has 10 heteroatoms. The van der Waals surface area contributed by atoms with Gasteiger partial charge in [-0.1, -0.05) is 24.3 Å². The van der Waals surface area contributed by atoms with Crippen molar-refractivity contribution >= 4 is 12.1 Å². The van der Waals surface area contributed by atoms with Gasteiger partial charge in [0.2, 0.25) is 0 Å². The molecule has 0 fully saturated rings. The zero-order valence-corrected chi connectivity index (χ0v) is 14.3. The zero-order chi connectivity index (χ0) is 19.8. The molecule has 7 nitrogen and oxygen atoms in total. The number of hydrogen-bond donors (Lipinski definition) is 2. The molecule has 0 aromatic heterocycles. The first-order valence-electron chi connectivity index (χ1n) is 7.66. The average Bonchev–Trinajstić information content (AvgIpc) is 3.26. The van der Waals surface area contributed by atoms with Gasteiger partial charge in [-0.25, -0.2) is 9.59 Å². The van der Waals surface area contributed by atoms with Crippen LogP contribution in [0.2, 0.25) is 0 Å². The lowest BCUT2D eigenvalue weighted by Crippen LogP contribution is -2.44. The van der Waals surface area contributed by atoms with Crippen LogP contribution in [0.15, 0.2) is 34.5 Å². The standard InChI is InChI=1S/C16H18F3N3O4/c1-14(2,3)26-13(25)20-11(12(23)24)8-9-4-6-10(7-5-9)15(21-22-15)16(17,18)19/h4-7,11H,8H2,1-3H3,(H,20,25)(H,23,24)/t11-/m0/s1. The number of rotatable bonds is 5. The van der Waals surface area contributed by atoms with Crippen LogP contribution < -0.4 is 5.32 Å². The largest absolute Gasteiger partial charge is 0.480 e. The molecule has 0 unspecified atom stereocenters. The highest BCUT2D eigenvalue weighted by Gasteiger charge is 2.65. The van der Waals surface area contributed by atoms with Crippen LogP contribution in [0.4, 0.5) is 18.0 Å². The van der Waals surface area contributed by atoms with Crippen LogP contribution in [0.1, 0.15) is 31.9 Å². The lowest BCUT2D eigenvalue weighted by molar-refractivity contribution is -0.166. The van der Waals surface area contributed by atoms with Gasteiger partial charge in [-0.2, -0.15) is 13.2 Å². The second kappa shape index (κ2) is 6.58. The summed E-state index contributed by atoms with van der Waals surface area (Å²) in [6.07, 6.45) is -5.65. The summed E-state index contributed by atoms with van der Waals surface area (Å²) >= 11 is 0. The fraction of sp³-hybridized carbons (Fsp3) is 0.500. The molecule has 0 radical (unpaired) electrons. The quantitative estimate of drug-likeness (QED) is 0.826. The maximum Gasteiger partial charge on any atom is 0.442 e. The Balaban J connectivity index is 2.06. The van der Waals surface area contributed by atoms with Crippen LogP contribution >= 0.6 is 0 Å². The average molecular weight is 373 g/mol. The van der Waals surface area contributed by atoms with E-state index in [9.17, 15) is 27.9 Å². The highest BCUT2D eigenvalue weighted by Crippen LogP contribution is 2.52. The zero-order valence-electron chi connectivity index (χ0n) is 14.3. The number of aliphatic carboxylic acids is 1. The molecule has 1 amide bonds. The Kier molecular flexibility index (Phi) is 4.98. The molecular weight excluding hydrogens is 355 g/mol. The van der Waals surface area contributed by atoms with E-state index in [2.05, 4.69) is 15.5 Å². The fourth-order valence-electron chi connectivity index (χ4n) is 2.20. The highest BCUT2D eigenvalue weighted by molar-refractivity contribution is 5.80. The van der Waals surface area contributed by atoms with Crippen LogP contribution in [0.5, 0.6) is 0 Å². The summed E-state index contributed by atoms with van der Waals surface area (Å²) in [5.41, 5.74) is -3.04. The summed E-state index contributed by atoms with van der Waals surface area (Å²) in [5, 5.41) is 17.7. The summed E-state index contributed by atoms with van der Waals surface area (Å²) in [5.74, 6) is -1.29. The van der Waals surface area contributed by atoms with E-state index in [-0.39, 0.29) is 12.0 Å². The van der Waals surface area contributed by atoms with Crippen molar-refractivity contribution in [2.45, 2.75) is 50.7 Å². The summed E-state index contributed by atoms with van der Waals surface area (Å²) in [6, 6.07) is 3.78. The van der Waals surface area contributed by atoms with E-state index in [4.69, 9.17) is 4.74 Å². The third kappa shape index (κ3) is 4.50. The predicted molar refractivity (Wildman–Crippen MR) is 83.5 cm³/mol. The summed E-state index contributed by atoms with van der Waals surface area (Å²) < 4.78 is 43.9. The Bertz CT molecular complexity index is 718. The lowest BCUT2D eigenvalue weighted by atomic mass is 9.99. The van der Waals surface area contributed by atoms with E-state index >= 15 is 0 Å². The van der Waals surface area contributed by atoms with Crippen molar-refractivity contribution in [3.05, 3.63) is 35.4 Å². The van der Waals surface area contributed by atoms with Crippen LogP contribution in [0.25, 0.3) is 0 Å². The Morgan fingerprint density at radius 2 is 1.73 bits per heavy atom. The van der Waals surface area contributed by atoms with Crippen LogP contribution in [0.3, 0.4) is 0 Å². The van der Waals surface area contributed by atoms with Gasteiger partial charge in [-0.05, 0) is 26.3 Å². The Labute approximate surface area is 147 Å². The first-order chi connectivity index (χ1) is 11.8. The minimum absolute atomic E-state index is 0.123. The van der Waals surface area contributed by atoms with E-state index in [0.29, 0.717) is 5.56 Å². The predicted octanol–water partition coefficient (Wildman–Crippen LogP) is 3.39. The van der Waals surface area contributed by atoms with E-state index in [0.717, 1.165) is 0 Å². The van der Waals surface area contributed by atoms with Crippen LogP contribution in [0, 0.1) is 0 Å². The van der Waals surface area contributed by atoms with Gasteiger partial charge in [-0.3, -0.25) is 0 Å². The Morgan fingerprint density at radius 3 is 2.12 bits per heavy atom. The van der Waals surface area contributed by atoms with Crippen molar-refractivity contribution in [2.24, 2.45) is 10.2 Å². The van der Waals surface area contributed by atoms with Crippen molar-refractivity contribution in [1.29, 1.82) is 0 Å². The van der Waals surface area contributed by atoms with Crippen LogP contribution in [-0.4, -0.2) is 35.0 Å². The van der Waals surface area contributed by atoms with Crippen molar-refractivity contribution in [2.75, 3.05) is 0 Å². The molecule has 26 heavy (non-hydrogen) atoms. The Hall–Kier alpha value is -2.65. The van der Waals surface area contributed by atoms with Gasteiger partial charge < -0.3 is 15.2 Å². The number of amides is 1. The summed E-state index contributed by atoms with van der Waals surface area (Å²) in [7, 11) is 0. The van der Waals surface area contributed by atoms with E-state index in [1.165, 1.54) is 24.3 Å². The minimum atomic E-state index is -4.63. The third-order valence-electron chi connectivity index (χ3n) is 3.48. The van der Waals surface area contributed by atoms with Crippen molar-refractivity contribution in [3.8, 4) is 0 Å². The van der Waals surface area contributed by atoms with Gasteiger partial charge >= 0.3 is 23.9 Å². The maximum absolute atomic E-state index is 13.0. The number of carbonyl (C=O) groups is 2. The maximum atomic E-state index is 13.0. The molecule has 1 aliphatic rings. The molecule has 2 N–H and O–H groups in total. The second-order valence-electron chi connectivity index (χ2n) is 6.81. The molecule has 1 aliphatic heterocycles. The minimum Gasteiger partial charge on any atom is -0.480 e. The molecule has 1 atom stereocenters. The monoisotopic (exact) mass is 373 g/mol. The summed E-state index contributed by atoms with van der Waals surface area (Å²) in [4.78, 5) is 23.0. The van der Waals surface area contributed by atoms with Gasteiger partial charge in [-0.15, -0.1) is 10.2 Å². The molecule has 1 heterocycles. The van der Waals surface area contributed by atoms with E-state index in [1.807, 2.05) is 0 Å². The van der Waals surface area contributed by atoms with E-state index < -0.39 is 35.5 Å². The van der Waals surface area contributed by atoms with Gasteiger partial charge in [0, 0.05) is 12.0 Å². The molecule has 142 valence electrons. The smallest absolute Gasteiger partial charge is 0.442 e. The first kappa shape index (κ1) is 19.7. The molecular formula is C16H18F3N3O4. The number of carboxylic acids is 1. The number of carbonyl (C=O) groups excluding carboxylic acids is 1. The normalized spacial score (nSPS) is 16.7. The SMILES string of the molecule is CC(C)(C)OC(=O)N[C@@H](Cc1ccc(C2(C(F)(F)F)N=N2)cc1)C(=O)O. The molecule has 2 rings (SSSR count). The van der Waals surface area contributed by atoms with Gasteiger partial charge in [0.05, 0.1) is 0 Å². The van der Waals surface area contributed by atoms with Crippen LogP contribution in [-0.2, 0) is 21.6 Å².